The molecule has 0 aromatic heterocycles. The largest absolute Gasteiger partial charge is 0.490 e. The van der Waals surface area contributed by atoms with Crippen LogP contribution in [0.2, 0.25) is 0 Å². The van der Waals surface area contributed by atoms with Crippen molar-refractivity contribution < 1.29 is 14.2 Å². The van der Waals surface area contributed by atoms with E-state index in [1.807, 2.05) is 19.9 Å². The Morgan fingerprint density at radius 3 is 2.06 bits per heavy atom. The first-order chi connectivity index (χ1) is 7.69. The van der Waals surface area contributed by atoms with Crippen molar-refractivity contribution in [1.82, 2.24) is 0 Å². The third-order valence-electron chi connectivity index (χ3n) is 1.72. The van der Waals surface area contributed by atoms with Crippen LogP contribution in [0.3, 0.4) is 0 Å². The molecule has 0 atom stereocenters. The van der Waals surface area contributed by atoms with Crippen LogP contribution >= 0.6 is 23.8 Å². The van der Waals surface area contributed by atoms with Crippen LogP contribution in [0.4, 0.5) is 0 Å². The van der Waals surface area contributed by atoms with E-state index in [2.05, 4.69) is 0 Å². The standard InChI is InChI=1S/C11H13ClO3S/c1-3-13-8-6-5-7-9(14-4-2)10(8)15-11(12)16/h5-7H,3-4H2,1-2H3. The van der Waals surface area contributed by atoms with Crippen LogP contribution in [0.25, 0.3) is 0 Å². The summed E-state index contributed by atoms with van der Waals surface area (Å²) in [6.45, 7) is 4.83. The zero-order valence-corrected chi connectivity index (χ0v) is 10.7. The number of ether oxygens (including phenoxy) is 3. The van der Waals surface area contributed by atoms with Gasteiger partial charge < -0.3 is 14.2 Å². The number of thiocarbonyl (C=S) groups is 1. The monoisotopic (exact) mass is 260 g/mol. The lowest BCUT2D eigenvalue weighted by atomic mass is 10.3. The van der Waals surface area contributed by atoms with Crippen LogP contribution < -0.4 is 14.2 Å². The van der Waals surface area contributed by atoms with Gasteiger partial charge in [-0.2, -0.15) is 0 Å². The molecule has 88 valence electrons. The Kier molecular flexibility index (Phi) is 5.35. The molecule has 0 N–H and O–H groups in total. The Bertz CT molecular complexity index is 344. The van der Waals surface area contributed by atoms with Crippen LogP contribution in [0.15, 0.2) is 18.2 Å². The molecular weight excluding hydrogens is 248 g/mol. The number of hydrogen-bond donors (Lipinski definition) is 0. The highest BCUT2D eigenvalue weighted by molar-refractivity contribution is 7.82. The molecule has 0 fully saturated rings. The Balaban J connectivity index is 3.06. The summed E-state index contributed by atoms with van der Waals surface area (Å²) in [5, 5.41) is 0. The zero-order chi connectivity index (χ0) is 12.0. The minimum absolute atomic E-state index is 0.0897. The fourth-order valence-corrected chi connectivity index (χ4v) is 1.38. The molecule has 0 radical (unpaired) electrons. The minimum Gasteiger partial charge on any atom is -0.490 e. The topological polar surface area (TPSA) is 27.7 Å². The summed E-state index contributed by atoms with van der Waals surface area (Å²) in [6.07, 6.45) is 0. The second-order valence-electron chi connectivity index (χ2n) is 2.79. The van der Waals surface area contributed by atoms with Crippen LogP contribution in [0, 0.1) is 0 Å². The van der Waals surface area contributed by atoms with Crippen molar-refractivity contribution in [3.05, 3.63) is 18.2 Å². The number of hydrogen-bond acceptors (Lipinski definition) is 4. The van der Waals surface area contributed by atoms with Crippen LogP contribution in [-0.2, 0) is 0 Å². The van der Waals surface area contributed by atoms with Crippen molar-refractivity contribution in [3.8, 4) is 17.2 Å². The molecule has 0 spiro atoms. The summed E-state index contributed by atoms with van der Waals surface area (Å²) in [6, 6.07) is 5.37. The van der Waals surface area contributed by atoms with Gasteiger partial charge in [-0.15, -0.1) is 0 Å². The van der Waals surface area contributed by atoms with E-state index in [4.69, 9.17) is 38.0 Å². The molecule has 0 heterocycles. The SMILES string of the molecule is CCOc1cccc(OCC)c1OC(=S)Cl. The summed E-state index contributed by atoms with van der Waals surface area (Å²) in [5.41, 5.74) is 0. The molecular formula is C11H13ClO3S. The molecule has 1 aromatic rings. The third-order valence-corrected chi connectivity index (χ3v) is 1.89. The molecule has 0 saturated carbocycles. The van der Waals surface area contributed by atoms with Crippen molar-refractivity contribution in [2.24, 2.45) is 0 Å². The Hall–Kier alpha value is -1.00. The molecule has 1 aromatic carbocycles. The lowest BCUT2D eigenvalue weighted by molar-refractivity contribution is 0.303. The van der Waals surface area contributed by atoms with Crippen molar-refractivity contribution in [3.63, 3.8) is 0 Å². The maximum absolute atomic E-state index is 5.55. The van der Waals surface area contributed by atoms with E-state index in [1.54, 1.807) is 12.1 Å². The molecule has 1 rings (SSSR count). The molecule has 5 heteroatoms. The molecule has 16 heavy (non-hydrogen) atoms. The van der Waals surface area contributed by atoms with Crippen molar-refractivity contribution >= 4 is 28.3 Å². The summed E-state index contributed by atoms with van der Waals surface area (Å²) < 4.78 is 15.9. The van der Waals surface area contributed by atoms with Crippen LogP contribution in [-0.4, -0.2) is 17.7 Å². The zero-order valence-electron chi connectivity index (χ0n) is 9.16. The molecule has 0 saturated heterocycles. The van der Waals surface area contributed by atoms with Crippen LogP contribution in [0.5, 0.6) is 17.2 Å². The van der Waals surface area contributed by atoms with Gasteiger partial charge in [0.25, 0.3) is 4.51 Å². The van der Waals surface area contributed by atoms with Gasteiger partial charge in [0.2, 0.25) is 5.75 Å². The Morgan fingerprint density at radius 2 is 1.69 bits per heavy atom. The lowest BCUT2D eigenvalue weighted by Crippen LogP contribution is -2.03. The van der Waals surface area contributed by atoms with Gasteiger partial charge in [0.1, 0.15) is 0 Å². The summed E-state index contributed by atoms with van der Waals surface area (Å²) in [4.78, 5) is 0. The third kappa shape index (κ3) is 3.54. The number of rotatable bonds is 5. The van der Waals surface area contributed by atoms with Gasteiger partial charge >= 0.3 is 0 Å². The van der Waals surface area contributed by atoms with Crippen molar-refractivity contribution in [2.45, 2.75) is 13.8 Å². The fraction of sp³-hybridized carbons (Fsp3) is 0.364. The quantitative estimate of drug-likeness (QED) is 0.599. The van der Waals surface area contributed by atoms with E-state index in [1.165, 1.54) is 0 Å². The molecule has 3 nitrogen and oxygen atoms in total. The second-order valence-corrected chi connectivity index (χ2v) is 3.73. The smallest absolute Gasteiger partial charge is 0.261 e. The van der Waals surface area contributed by atoms with Crippen LogP contribution in [0.1, 0.15) is 13.8 Å². The minimum atomic E-state index is -0.0897. The Labute approximate surface area is 105 Å². The van der Waals surface area contributed by atoms with Crippen molar-refractivity contribution in [2.75, 3.05) is 13.2 Å². The molecule has 0 bridgehead atoms. The van der Waals surface area contributed by atoms with Gasteiger partial charge in [0, 0.05) is 0 Å². The van der Waals surface area contributed by atoms with E-state index in [0.717, 1.165) is 0 Å². The molecule has 0 aliphatic carbocycles. The summed E-state index contributed by atoms with van der Waals surface area (Å²) >= 11 is 10.3. The maximum Gasteiger partial charge on any atom is 0.261 e. The van der Waals surface area contributed by atoms with E-state index in [9.17, 15) is 0 Å². The first kappa shape index (κ1) is 13.1. The lowest BCUT2D eigenvalue weighted by Gasteiger charge is -2.13. The highest BCUT2D eigenvalue weighted by Gasteiger charge is 2.13. The van der Waals surface area contributed by atoms with Gasteiger partial charge in [-0.3, -0.25) is 0 Å². The molecule has 0 aliphatic heterocycles. The first-order valence-corrected chi connectivity index (χ1v) is 5.73. The second kappa shape index (κ2) is 6.55. The van der Waals surface area contributed by atoms with Gasteiger partial charge in [0.15, 0.2) is 11.5 Å². The van der Waals surface area contributed by atoms with Gasteiger partial charge in [-0.1, -0.05) is 6.07 Å². The average molecular weight is 261 g/mol. The predicted octanol–water partition coefficient (Wildman–Crippen LogP) is 3.39. The normalized spacial score (nSPS) is 9.69. The first-order valence-electron chi connectivity index (χ1n) is 4.95. The average Bonchev–Trinajstić information content (AvgIpc) is 2.23. The van der Waals surface area contributed by atoms with Gasteiger partial charge in [-0.25, -0.2) is 0 Å². The van der Waals surface area contributed by atoms with Gasteiger partial charge in [-0.05, 0) is 49.8 Å². The highest BCUT2D eigenvalue weighted by atomic mass is 35.5. The number of benzene rings is 1. The molecule has 0 unspecified atom stereocenters. The summed E-state index contributed by atoms with van der Waals surface area (Å²) in [5.74, 6) is 1.55. The fourth-order valence-electron chi connectivity index (χ4n) is 1.21. The number of halogens is 1. The van der Waals surface area contributed by atoms with E-state index in [0.29, 0.717) is 30.5 Å². The van der Waals surface area contributed by atoms with Crippen molar-refractivity contribution in [1.29, 1.82) is 0 Å². The van der Waals surface area contributed by atoms with Gasteiger partial charge in [0.05, 0.1) is 13.2 Å². The Morgan fingerprint density at radius 1 is 1.19 bits per heavy atom. The van der Waals surface area contributed by atoms with E-state index in [-0.39, 0.29) is 4.51 Å². The summed E-state index contributed by atoms with van der Waals surface area (Å²) in [7, 11) is 0. The molecule has 0 aliphatic rings. The molecule has 0 amide bonds. The van der Waals surface area contributed by atoms with E-state index < -0.39 is 0 Å². The predicted molar refractivity (Wildman–Crippen MR) is 67.9 cm³/mol. The maximum atomic E-state index is 5.55. The highest BCUT2D eigenvalue weighted by Crippen LogP contribution is 2.37. The van der Waals surface area contributed by atoms with E-state index >= 15 is 0 Å². The number of para-hydroxylation sites is 1.